The Labute approximate surface area is 244 Å². The van der Waals surface area contributed by atoms with E-state index in [4.69, 9.17) is 30.5 Å². The van der Waals surface area contributed by atoms with Crippen molar-refractivity contribution in [3.05, 3.63) is 17.3 Å². The Morgan fingerprint density at radius 1 is 1.21 bits per heavy atom. The van der Waals surface area contributed by atoms with Crippen molar-refractivity contribution >= 4 is 36.0 Å². The fourth-order valence-corrected chi connectivity index (χ4v) is 6.07. The van der Waals surface area contributed by atoms with E-state index in [-0.39, 0.29) is 30.3 Å². The van der Waals surface area contributed by atoms with Crippen LogP contribution in [0, 0.1) is 0 Å². The van der Waals surface area contributed by atoms with Crippen molar-refractivity contribution < 1.29 is 43.5 Å². The lowest BCUT2D eigenvalue weighted by molar-refractivity contribution is -0.130. The molecular weight excluding hydrogens is 601 g/mol. The van der Waals surface area contributed by atoms with Gasteiger partial charge in [-0.2, -0.15) is 20.3 Å². The van der Waals surface area contributed by atoms with Crippen molar-refractivity contribution in [2.75, 3.05) is 32.2 Å². The van der Waals surface area contributed by atoms with Crippen molar-refractivity contribution in [2.45, 2.75) is 74.6 Å². The van der Waals surface area contributed by atoms with E-state index in [1.54, 1.807) is 6.20 Å². The van der Waals surface area contributed by atoms with Gasteiger partial charge >= 0.3 is 7.60 Å². The van der Waals surface area contributed by atoms with Crippen LogP contribution in [-0.4, -0.2) is 123 Å². The molecule has 1 aliphatic carbocycles. The minimum Gasteiger partial charge on any atom is -0.388 e. The fraction of sp³-hybridized carbons (Fsp3) is 0.727. The number of ether oxygens (including phenoxy) is 4. The molecule has 232 valence electrons. The van der Waals surface area contributed by atoms with Gasteiger partial charge in [0.25, 0.3) is 0 Å². The summed E-state index contributed by atoms with van der Waals surface area (Å²) in [5.41, 5.74) is 0.417. The largest absolute Gasteiger partial charge is 0.388 e. The third-order valence-corrected chi connectivity index (χ3v) is 8.96. The highest BCUT2D eigenvalue weighted by molar-refractivity contribution is 7.53. The Kier molecular flexibility index (Phi) is 9.68. The summed E-state index contributed by atoms with van der Waals surface area (Å²) in [5.74, 6) is 0.725. The summed E-state index contributed by atoms with van der Waals surface area (Å²) in [4.78, 5) is 28.9. The third kappa shape index (κ3) is 6.72. The van der Waals surface area contributed by atoms with E-state index in [2.05, 4.69) is 41.0 Å². The summed E-state index contributed by atoms with van der Waals surface area (Å²) < 4.78 is 36.0. The van der Waals surface area contributed by atoms with E-state index < -0.39 is 57.2 Å². The van der Waals surface area contributed by atoms with Gasteiger partial charge in [-0.3, -0.25) is 4.57 Å². The lowest BCUT2D eigenvalue weighted by Crippen LogP contribution is -2.45. The van der Waals surface area contributed by atoms with Crippen LogP contribution < -0.4 is 5.32 Å². The number of fused-ring (bicyclic) bond motifs is 1. The highest BCUT2D eigenvalue weighted by Gasteiger charge is 2.51. The number of aliphatic hydroxyl groups excluding tert-OH is 2. The Bertz CT molecular complexity index is 1370. The van der Waals surface area contributed by atoms with Gasteiger partial charge in [-0.25, -0.2) is 4.68 Å². The summed E-state index contributed by atoms with van der Waals surface area (Å²) in [6.45, 7) is -1.87. The zero-order valence-corrected chi connectivity index (χ0v) is 24.3. The van der Waals surface area contributed by atoms with Gasteiger partial charge in [-0.15, -0.1) is 10.2 Å². The van der Waals surface area contributed by atoms with Crippen LogP contribution >= 0.6 is 19.2 Å². The second kappa shape index (κ2) is 13.1. The number of anilines is 1. The highest BCUT2D eigenvalue weighted by atomic mass is 35.5. The number of rotatable bonds is 14. The maximum Gasteiger partial charge on any atom is 0.361 e. The lowest BCUT2D eigenvalue weighted by atomic mass is 10.1. The monoisotopic (exact) mass is 633 g/mol. The molecule has 1 saturated carbocycles. The molecule has 2 aliphatic rings. The van der Waals surface area contributed by atoms with Crippen LogP contribution in [0.2, 0.25) is 5.28 Å². The normalized spacial score (nSPS) is 24.9. The molecule has 3 aromatic rings. The molecule has 1 saturated heterocycles. The number of hydrogen-bond donors (Lipinski definition) is 6. The molecule has 4 heterocycles. The standard InChI is InChI=1S/C22H33ClN9O9P/c1-38-10-22(42(35,36)37,11-39-9-16-28-30-31-29-16)40-8-15-18(34)17(33)14(41-15)7-32-20-13(6-24-32)19(26-21(23)27-20)25-12-4-2-3-5-12/h6,12,14-15,17-18,33-34H,2-5,7-11H2,1H3,(H,25,26,27)(H2,35,36,37)(H,28,29,30,31)/t14-,15-,17+,18-,22?/m1/s1. The van der Waals surface area contributed by atoms with E-state index in [9.17, 15) is 24.6 Å². The Hall–Kier alpha value is -2.38. The summed E-state index contributed by atoms with van der Waals surface area (Å²) in [7, 11) is -3.77. The van der Waals surface area contributed by atoms with E-state index in [0.717, 1.165) is 25.7 Å². The Morgan fingerprint density at radius 2 is 1.98 bits per heavy atom. The predicted molar refractivity (Wildman–Crippen MR) is 143 cm³/mol. The molecule has 20 heteroatoms. The van der Waals surface area contributed by atoms with Gasteiger partial charge < -0.3 is 44.3 Å². The first-order valence-electron chi connectivity index (χ1n) is 13.3. The van der Waals surface area contributed by atoms with Gasteiger partial charge in [0.2, 0.25) is 10.6 Å². The molecule has 6 N–H and O–H groups in total. The van der Waals surface area contributed by atoms with Crippen LogP contribution in [0.25, 0.3) is 11.0 Å². The third-order valence-electron chi connectivity index (χ3n) is 7.34. The molecule has 5 rings (SSSR count). The zero-order chi connectivity index (χ0) is 29.9. The van der Waals surface area contributed by atoms with Gasteiger partial charge in [0, 0.05) is 13.2 Å². The predicted octanol–water partition coefficient (Wildman–Crippen LogP) is -0.410. The minimum absolute atomic E-state index is 0.00996. The van der Waals surface area contributed by atoms with E-state index in [1.165, 1.54) is 11.8 Å². The first kappa shape index (κ1) is 31.1. The van der Waals surface area contributed by atoms with Crippen LogP contribution in [0.5, 0.6) is 0 Å². The second-order valence-corrected chi connectivity index (χ2v) is 12.5. The van der Waals surface area contributed by atoms with Gasteiger partial charge in [-0.1, -0.05) is 18.1 Å². The van der Waals surface area contributed by atoms with Gasteiger partial charge in [0.1, 0.15) is 36.8 Å². The number of halogens is 1. The molecule has 0 bridgehead atoms. The molecule has 42 heavy (non-hydrogen) atoms. The summed E-state index contributed by atoms with van der Waals surface area (Å²) in [5, 5.41) is 40.8. The molecule has 3 aromatic heterocycles. The molecule has 0 aromatic carbocycles. The van der Waals surface area contributed by atoms with Crippen molar-refractivity contribution in [1.82, 2.24) is 40.4 Å². The smallest absolute Gasteiger partial charge is 0.361 e. The Morgan fingerprint density at radius 3 is 2.67 bits per heavy atom. The van der Waals surface area contributed by atoms with Crippen LogP contribution in [-0.2, 0) is 36.7 Å². The Balaban J connectivity index is 1.27. The number of aromatic amines is 1. The average Bonchev–Trinajstić information content (AvgIpc) is 3.75. The first-order valence-corrected chi connectivity index (χ1v) is 15.2. The van der Waals surface area contributed by atoms with E-state index in [1.807, 2.05) is 0 Å². The van der Waals surface area contributed by atoms with Crippen LogP contribution in [0.15, 0.2) is 6.20 Å². The van der Waals surface area contributed by atoms with Crippen molar-refractivity contribution in [1.29, 1.82) is 0 Å². The highest BCUT2D eigenvalue weighted by Crippen LogP contribution is 2.52. The summed E-state index contributed by atoms with van der Waals surface area (Å²) in [6.07, 6.45) is 1.00. The number of aromatic nitrogens is 8. The quantitative estimate of drug-likeness (QED) is 0.0975. The first-order chi connectivity index (χ1) is 20.1. The van der Waals surface area contributed by atoms with Crippen LogP contribution in [0.3, 0.4) is 0 Å². The number of nitrogens with one attached hydrogen (secondary N) is 2. The van der Waals surface area contributed by atoms with Crippen LogP contribution in [0.1, 0.15) is 31.5 Å². The number of tetrazole rings is 1. The van der Waals surface area contributed by atoms with E-state index >= 15 is 0 Å². The molecule has 18 nitrogen and oxygen atoms in total. The van der Waals surface area contributed by atoms with Gasteiger partial charge in [0.05, 0.1) is 37.9 Å². The van der Waals surface area contributed by atoms with Crippen molar-refractivity contribution in [3.63, 3.8) is 0 Å². The SMILES string of the molecule is COCC(COCc1nn[nH]n1)(OC[C@H]1O[C@H](Cn2ncc3c(NC4CCCC4)nc(Cl)nc32)[C@H](O)[C@@H]1O)P(=O)(O)O. The van der Waals surface area contributed by atoms with Crippen molar-refractivity contribution in [3.8, 4) is 0 Å². The van der Waals surface area contributed by atoms with Crippen LogP contribution in [0.4, 0.5) is 5.82 Å². The average molecular weight is 634 g/mol. The molecule has 0 amide bonds. The number of methoxy groups -OCH3 is 1. The van der Waals surface area contributed by atoms with Gasteiger partial charge in [0.15, 0.2) is 11.5 Å². The summed E-state index contributed by atoms with van der Waals surface area (Å²) >= 11 is 6.21. The molecule has 0 spiro atoms. The molecule has 1 aliphatic heterocycles. The zero-order valence-electron chi connectivity index (χ0n) is 22.6. The molecule has 5 atom stereocenters. The molecular formula is C22H33ClN9O9P. The molecule has 0 radical (unpaired) electrons. The maximum atomic E-state index is 12.5. The van der Waals surface area contributed by atoms with Gasteiger partial charge in [-0.05, 0) is 24.4 Å². The van der Waals surface area contributed by atoms with Crippen molar-refractivity contribution in [2.24, 2.45) is 0 Å². The number of aliphatic hydroxyl groups is 2. The number of hydrogen-bond acceptors (Lipinski definition) is 14. The minimum atomic E-state index is -5.01. The topological polar surface area (TPSA) is 245 Å². The lowest BCUT2D eigenvalue weighted by Gasteiger charge is -2.34. The number of nitrogens with zero attached hydrogens (tertiary/aromatic N) is 7. The number of H-pyrrole nitrogens is 1. The maximum absolute atomic E-state index is 12.5. The molecule has 1 unspecified atom stereocenters. The second-order valence-electron chi connectivity index (χ2n) is 10.3. The summed E-state index contributed by atoms with van der Waals surface area (Å²) in [6, 6.07) is 0.279. The van der Waals surface area contributed by atoms with E-state index in [0.29, 0.717) is 16.9 Å². The molecule has 2 fully saturated rings. The fourth-order valence-electron chi connectivity index (χ4n) is 5.11.